The first-order valence-electron chi connectivity index (χ1n) is 11.8. The number of halogens is 3. The zero-order valence-corrected chi connectivity index (χ0v) is 26.2. The number of ether oxygens (including phenoxy) is 2. The minimum Gasteiger partial charge on any atom is -0.387 e. The molecule has 38 heavy (non-hydrogen) atoms. The number of hydrogen-bond acceptors (Lipinski definition) is 11. The number of imidazole rings is 1. The lowest BCUT2D eigenvalue weighted by Gasteiger charge is -2.34. The lowest BCUT2D eigenvalue weighted by Crippen LogP contribution is -2.37. The number of aromatic nitrogens is 4. The molecular weight excluding hydrogens is 719 g/mol. The molecule has 0 bridgehead atoms. The third-order valence-corrected chi connectivity index (χ3v) is 8.65. The number of morpholine rings is 1. The summed E-state index contributed by atoms with van der Waals surface area (Å²) >= 11 is 9.98. The van der Waals surface area contributed by atoms with Crippen LogP contribution in [0.25, 0.3) is 11.2 Å². The van der Waals surface area contributed by atoms with Crippen molar-refractivity contribution in [1.82, 2.24) is 24.2 Å². The normalized spacial score (nSPS) is 26.5. The van der Waals surface area contributed by atoms with Gasteiger partial charge in [-0.05, 0) is 13.3 Å². The molecule has 212 valence electrons. The molecule has 2 saturated heterocycles. The predicted molar refractivity (Wildman–Crippen MR) is 151 cm³/mol. The summed E-state index contributed by atoms with van der Waals surface area (Å²) in [5, 5.41) is 24.8. The third-order valence-electron chi connectivity index (χ3n) is 5.94. The standard InChI is InChI=1S/C21H30Br3N6O7P/c1-13(2)3-4-25-18-15-19(27-11-26-18)30(12-28-15)20-17(32)16(31)14(37-20)9-35-38(33,36-10-21(22,23)24)29-5-7-34-8-6-29/h11-12,14,16-17,20,31-32H,1,3-10H2,2H3,(H,25,26,27). The summed E-state index contributed by atoms with van der Waals surface area (Å²) in [5.74, 6) is 0.535. The number of hydrogen-bond donors (Lipinski definition) is 3. The maximum Gasteiger partial charge on any atom is 0.408 e. The monoisotopic (exact) mass is 746 g/mol. The quantitative estimate of drug-likeness (QED) is 0.176. The zero-order valence-electron chi connectivity index (χ0n) is 20.6. The topological polar surface area (TPSA) is 153 Å². The van der Waals surface area contributed by atoms with E-state index in [-0.39, 0.29) is 13.2 Å². The van der Waals surface area contributed by atoms with Crippen LogP contribution in [0.4, 0.5) is 5.82 Å². The van der Waals surface area contributed by atoms with Crippen molar-refractivity contribution >= 4 is 72.5 Å². The minimum absolute atomic E-state index is 0.0373. The minimum atomic E-state index is -3.80. The van der Waals surface area contributed by atoms with Crippen LogP contribution in [0.15, 0.2) is 24.8 Å². The van der Waals surface area contributed by atoms with Crippen LogP contribution in [0.5, 0.6) is 0 Å². The smallest absolute Gasteiger partial charge is 0.387 e. The van der Waals surface area contributed by atoms with Crippen molar-refractivity contribution in [3.05, 3.63) is 24.8 Å². The molecule has 4 rings (SSSR count). The second-order valence-corrected chi connectivity index (χ2v) is 18.2. The van der Waals surface area contributed by atoms with Crippen LogP contribution in [-0.2, 0) is 23.1 Å². The van der Waals surface area contributed by atoms with E-state index in [0.717, 1.165) is 12.0 Å². The van der Waals surface area contributed by atoms with Gasteiger partial charge in [-0.3, -0.25) is 13.6 Å². The fourth-order valence-electron chi connectivity index (χ4n) is 3.98. The van der Waals surface area contributed by atoms with Gasteiger partial charge in [0.2, 0.25) is 0 Å². The highest BCUT2D eigenvalue weighted by Gasteiger charge is 2.46. The van der Waals surface area contributed by atoms with E-state index in [2.05, 4.69) is 74.6 Å². The maximum atomic E-state index is 13.7. The Bertz CT molecular complexity index is 1160. The van der Waals surface area contributed by atoms with Gasteiger partial charge >= 0.3 is 7.75 Å². The Morgan fingerprint density at radius 3 is 2.66 bits per heavy atom. The van der Waals surface area contributed by atoms with Crippen molar-refractivity contribution in [3.8, 4) is 0 Å². The molecule has 5 unspecified atom stereocenters. The largest absolute Gasteiger partial charge is 0.408 e. The zero-order chi connectivity index (χ0) is 27.5. The van der Waals surface area contributed by atoms with Crippen molar-refractivity contribution < 1.29 is 33.3 Å². The Hall–Kier alpha value is -0.520. The van der Waals surface area contributed by atoms with Crippen molar-refractivity contribution in [2.45, 2.75) is 40.0 Å². The average molecular weight is 749 g/mol. The molecule has 0 radical (unpaired) electrons. The van der Waals surface area contributed by atoms with Crippen LogP contribution >= 0.6 is 55.5 Å². The van der Waals surface area contributed by atoms with E-state index in [4.69, 9.17) is 18.5 Å². The first-order valence-corrected chi connectivity index (χ1v) is 15.7. The number of nitrogens with one attached hydrogen (secondary N) is 1. The van der Waals surface area contributed by atoms with Crippen molar-refractivity contribution in [3.63, 3.8) is 0 Å². The van der Waals surface area contributed by atoms with E-state index in [1.54, 1.807) is 4.67 Å². The maximum absolute atomic E-state index is 13.7. The van der Waals surface area contributed by atoms with E-state index in [1.807, 2.05) is 6.92 Å². The molecule has 2 aliphatic heterocycles. The lowest BCUT2D eigenvalue weighted by molar-refractivity contribution is -0.0517. The van der Waals surface area contributed by atoms with E-state index in [0.29, 0.717) is 49.8 Å². The Morgan fingerprint density at radius 2 is 1.97 bits per heavy atom. The van der Waals surface area contributed by atoms with E-state index >= 15 is 0 Å². The number of rotatable bonds is 11. The van der Waals surface area contributed by atoms with E-state index in [9.17, 15) is 14.8 Å². The molecule has 0 aromatic carbocycles. The van der Waals surface area contributed by atoms with Gasteiger partial charge in [0.05, 0.1) is 32.8 Å². The second kappa shape index (κ2) is 13.0. The highest BCUT2D eigenvalue weighted by molar-refractivity contribution is 9.39. The third kappa shape index (κ3) is 7.40. The van der Waals surface area contributed by atoms with Gasteiger partial charge in [-0.25, -0.2) is 24.2 Å². The molecule has 4 heterocycles. The average Bonchev–Trinajstić information content (AvgIpc) is 3.43. The molecule has 0 saturated carbocycles. The van der Waals surface area contributed by atoms with Gasteiger partial charge < -0.3 is 25.0 Å². The number of aliphatic hydroxyl groups excluding tert-OH is 2. The fourth-order valence-corrected chi connectivity index (χ4v) is 6.60. The molecule has 2 aromatic heterocycles. The first-order chi connectivity index (χ1) is 18.0. The summed E-state index contributed by atoms with van der Waals surface area (Å²) in [5.41, 5.74) is 1.95. The molecule has 0 spiro atoms. The van der Waals surface area contributed by atoms with Gasteiger partial charge in [0.15, 0.2) is 25.4 Å². The van der Waals surface area contributed by atoms with Crippen LogP contribution in [0.1, 0.15) is 19.6 Å². The summed E-state index contributed by atoms with van der Waals surface area (Å²) in [6, 6.07) is 0. The van der Waals surface area contributed by atoms with Crippen LogP contribution in [0.2, 0.25) is 0 Å². The molecule has 13 nitrogen and oxygen atoms in total. The summed E-state index contributed by atoms with van der Waals surface area (Å²) in [6.45, 7) is 7.58. The van der Waals surface area contributed by atoms with Crippen molar-refractivity contribution in [2.24, 2.45) is 0 Å². The lowest BCUT2D eigenvalue weighted by atomic mass is 10.1. The highest BCUT2D eigenvalue weighted by atomic mass is 80.0. The highest BCUT2D eigenvalue weighted by Crippen LogP contribution is 2.54. The van der Waals surface area contributed by atoms with Crippen LogP contribution in [0, 0.1) is 0 Å². The van der Waals surface area contributed by atoms with Crippen molar-refractivity contribution in [1.29, 1.82) is 0 Å². The predicted octanol–water partition coefficient (Wildman–Crippen LogP) is 3.14. The van der Waals surface area contributed by atoms with Gasteiger partial charge in [0, 0.05) is 19.6 Å². The molecule has 0 aliphatic carbocycles. The van der Waals surface area contributed by atoms with Crippen LogP contribution in [-0.4, -0.2) is 101 Å². The van der Waals surface area contributed by atoms with E-state index < -0.39 is 34.4 Å². The molecule has 2 aromatic rings. The van der Waals surface area contributed by atoms with Gasteiger partial charge in [-0.2, -0.15) is 0 Å². The van der Waals surface area contributed by atoms with E-state index in [1.165, 1.54) is 17.2 Å². The number of alkyl halides is 3. The molecule has 0 amide bonds. The Morgan fingerprint density at radius 1 is 1.24 bits per heavy atom. The summed E-state index contributed by atoms with van der Waals surface area (Å²) in [4.78, 5) is 13.0. The Labute approximate surface area is 245 Å². The van der Waals surface area contributed by atoms with Crippen LogP contribution in [0.3, 0.4) is 0 Å². The van der Waals surface area contributed by atoms with Gasteiger partial charge in [-0.1, -0.05) is 53.4 Å². The van der Waals surface area contributed by atoms with Gasteiger partial charge in [0.25, 0.3) is 0 Å². The molecule has 5 atom stereocenters. The molecule has 2 aliphatic rings. The van der Waals surface area contributed by atoms with Gasteiger partial charge in [-0.15, -0.1) is 6.58 Å². The second-order valence-electron chi connectivity index (χ2n) is 8.95. The number of aliphatic hydroxyl groups is 2. The molecule has 2 fully saturated rings. The van der Waals surface area contributed by atoms with Crippen molar-refractivity contribution in [2.75, 3.05) is 51.4 Å². The summed E-state index contributed by atoms with van der Waals surface area (Å²) in [7, 11) is -3.80. The van der Waals surface area contributed by atoms with Gasteiger partial charge in [0.1, 0.15) is 24.6 Å². The SMILES string of the molecule is C=C(C)CCNc1ncnc2c1ncn2C1OC(COP(=O)(OCC(Br)(Br)Br)N2CCOCC2)C(O)C1O. The Balaban J connectivity index is 1.47. The Kier molecular flexibility index (Phi) is 10.4. The first kappa shape index (κ1) is 30.4. The van der Waals surface area contributed by atoms with Crippen LogP contribution < -0.4 is 5.32 Å². The number of fused-ring (bicyclic) bond motifs is 1. The molecule has 17 heteroatoms. The molecule has 3 N–H and O–H groups in total. The summed E-state index contributed by atoms with van der Waals surface area (Å²) < 4.78 is 38.8. The number of nitrogens with zero attached hydrogens (tertiary/aromatic N) is 5. The molecular formula is C21H30Br3N6O7P. The number of anilines is 1. The fraction of sp³-hybridized carbons (Fsp3) is 0.667. The summed E-state index contributed by atoms with van der Waals surface area (Å²) in [6.07, 6.45) is -1.03.